The van der Waals surface area contributed by atoms with Gasteiger partial charge in [0.05, 0.1) is 46.9 Å². The van der Waals surface area contributed by atoms with Crippen LogP contribution in [0.1, 0.15) is 23.2 Å². The van der Waals surface area contributed by atoms with Gasteiger partial charge in [0.25, 0.3) is 5.91 Å². The Bertz CT molecular complexity index is 694. The number of amides is 1. The number of nitrogens with zero attached hydrogens (tertiary/aromatic N) is 1. The molecule has 0 aromatic heterocycles. The Hall–Kier alpha value is -2.01. The number of ether oxygens (including phenoxy) is 2. The van der Waals surface area contributed by atoms with Gasteiger partial charge in [0.1, 0.15) is 0 Å². The van der Waals surface area contributed by atoms with Crippen LogP contribution in [-0.4, -0.2) is 57.8 Å². The van der Waals surface area contributed by atoms with Crippen molar-refractivity contribution in [2.75, 3.05) is 46.9 Å². The van der Waals surface area contributed by atoms with Gasteiger partial charge in [0.2, 0.25) is 0 Å². The van der Waals surface area contributed by atoms with E-state index in [1.807, 2.05) is 11.0 Å². The first kappa shape index (κ1) is 17.4. The quantitative estimate of drug-likeness (QED) is 0.807. The molecule has 26 heavy (non-hydrogen) atoms. The molecular formula is C21H29N2O3+. The molecule has 1 N–H and O–H groups in total. The number of methoxy groups -OCH3 is 2. The van der Waals surface area contributed by atoms with Crippen molar-refractivity contribution >= 4 is 5.91 Å². The molecule has 4 rings (SSSR count). The number of piperazine rings is 1. The predicted octanol–water partition coefficient (Wildman–Crippen LogP) is 1.26. The van der Waals surface area contributed by atoms with Gasteiger partial charge in [-0.1, -0.05) is 12.2 Å². The zero-order chi connectivity index (χ0) is 18.1. The highest BCUT2D eigenvalue weighted by Crippen LogP contribution is 2.42. The molecule has 3 atom stereocenters. The molecule has 0 spiro atoms. The number of nitrogens with one attached hydrogen (secondary N) is 1. The van der Waals surface area contributed by atoms with Crippen molar-refractivity contribution in [2.45, 2.75) is 12.8 Å². The second-order valence-electron chi connectivity index (χ2n) is 7.86. The number of fused-ring (bicyclic) bond motifs is 2. The van der Waals surface area contributed by atoms with E-state index in [0.29, 0.717) is 17.1 Å². The minimum absolute atomic E-state index is 0.0906. The molecule has 0 radical (unpaired) electrons. The van der Waals surface area contributed by atoms with E-state index < -0.39 is 0 Å². The molecule has 1 heterocycles. The van der Waals surface area contributed by atoms with E-state index in [2.05, 4.69) is 12.2 Å². The number of quaternary nitrogens is 1. The molecule has 5 heteroatoms. The van der Waals surface area contributed by atoms with E-state index in [4.69, 9.17) is 9.47 Å². The van der Waals surface area contributed by atoms with Crippen LogP contribution in [0, 0.1) is 17.8 Å². The largest absolute Gasteiger partial charge is 0.493 e. The summed E-state index contributed by atoms with van der Waals surface area (Å²) in [4.78, 5) is 16.5. The highest BCUT2D eigenvalue weighted by molar-refractivity contribution is 5.95. The maximum Gasteiger partial charge on any atom is 0.254 e. The SMILES string of the molecule is COc1ccc(C(=O)N2CC[NH+](C[C@@H]3C[C@H]4C=C[C@H]3C4)CC2)cc1OC. The Morgan fingerprint density at radius 2 is 1.88 bits per heavy atom. The molecule has 3 aliphatic rings. The summed E-state index contributed by atoms with van der Waals surface area (Å²) in [5.41, 5.74) is 0.671. The molecule has 1 saturated heterocycles. The van der Waals surface area contributed by atoms with E-state index in [1.54, 1.807) is 31.3 Å². The fourth-order valence-corrected chi connectivity index (χ4v) is 4.88. The normalized spacial score (nSPS) is 27.8. The van der Waals surface area contributed by atoms with Crippen LogP contribution in [0.4, 0.5) is 0 Å². The van der Waals surface area contributed by atoms with Crippen LogP contribution < -0.4 is 14.4 Å². The molecule has 0 unspecified atom stereocenters. The van der Waals surface area contributed by atoms with Crippen LogP contribution in [0.3, 0.4) is 0 Å². The Morgan fingerprint density at radius 3 is 2.50 bits per heavy atom. The zero-order valence-electron chi connectivity index (χ0n) is 15.7. The molecule has 2 bridgehead atoms. The van der Waals surface area contributed by atoms with Crippen molar-refractivity contribution in [3.63, 3.8) is 0 Å². The third-order valence-corrected chi connectivity index (χ3v) is 6.36. The number of carbonyl (C=O) groups is 1. The molecule has 1 saturated carbocycles. The van der Waals surface area contributed by atoms with E-state index in [0.717, 1.165) is 43.9 Å². The van der Waals surface area contributed by atoms with E-state index in [1.165, 1.54) is 19.4 Å². The monoisotopic (exact) mass is 357 g/mol. The molecule has 1 aromatic carbocycles. The maximum absolute atomic E-state index is 12.8. The van der Waals surface area contributed by atoms with Crippen molar-refractivity contribution in [1.29, 1.82) is 0 Å². The molecular weight excluding hydrogens is 328 g/mol. The first-order chi connectivity index (χ1) is 12.7. The second kappa shape index (κ2) is 7.31. The number of hydrogen-bond acceptors (Lipinski definition) is 3. The molecule has 140 valence electrons. The average molecular weight is 357 g/mol. The van der Waals surface area contributed by atoms with Crippen LogP contribution in [0.15, 0.2) is 30.4 Å². The van der Waals surface area contributed by atoms with Crippen molar-refractivity contribution < 1.29 is 19.2 Å². The first-order valence-corrected chi connectivity index (χ1v) is 9.71. The lowest BCUT2D eigenvalue weighted by Gasteiger charge is -2.34. The fourth-order valence-electron chi connectivity index (χ4n) is 4.88. The van der Waals surface area contributed by atoms with Crippen molar-refractivity contribution in [3.8, 4) is 11.5 Å². The van der Waals surface area contributed by atoms with E-state index >= 15 is 0 Å². The number of benzene rings is 1. The van der Waals surface area contributed by atoms with Gasteiger partial charge in [-0.2, -0.15) is 0 Å². The van der Waals surface area contributed by atoms with Gasteiger partial charge in [-0.05, 0) is 42.9 Å². The third-order valence-electron chi connectivity index (χ3n) is 6.36. The van der Waals surface area contributed by atoms with Gasteiger partial charge < -0.3 is 19.3 Å². The topological polar surface area (TPSA) is 43.2 Å². The summed E-state index contributed by atoms with van der Waals surface area (Å²) in [5, 5.41) is 0. The van der Waals surface area contributed by atoms with E-state index in [-0.39, 0.29) is 5.91 Å². The lowest BCUT2D eigenvalue weighted by Crippen LogP contribution is -3.15. The first-order valence-electron chi connectivity index (χ1n) is 9.71. The highest BCUT2D eigenvalue weighted by atomic mass is 16.5. The predicted molar refractivity (Wildman–Crippen MR) is 99.9 cm³/mol. The molecule has 2 aliphatic carbocycles. The summed E-state index contributed by atoms with van der Waals surface area (Å²) in [6, 6.07) is 5.41. The second-order valence-corrected chi connectivity index (χ2v) is 7.86. The maximum atomic E-state index is 12.8. The number of hydrogen-bond donors (Lipinski definition) is 1. The van der Waals surface area contributed by atoms with Crippen molar-refractivity contribution in [2.24, 2.45) is 17.8 Å². The van der Waals surface area contributed by atoms with Crippen LogP contribution in [-0.2, 0) is 0 Å². The summed E-state index contributed by atoms with van der Waals surface area (Å²) in [6.07, 6.45) is 7.60. The summed E-state index contributed by atoms with van der Waals surface area (Å²) in [5.74, 6) is 3.86. The minimum Gasteiger partial charge on any atom is -0.493 e. The van der Waals surface area contributed by atoms with Crippen molar-refractivity contribution in [3.05, 3.63) is 35.9 Å². The highest BCUT2D eigenvalue weighted by Gasteiger charge is 2.38. The standard InChI is InChI=1S/C21H28N2O3/c1-25-19-6-5-17(13-20(19)26-2)21(24)23-9-7-22(8-10-23)14-18-12-15-3-4-16(18)11-15/h3-6,13,15-16,18H,7-12,14H2,1-2H3/p+1/t15-,16-,18-/m0/s1. The van der Waals surface area contributed by atoms with Gasteiger partial charge in [0, 0.05) is 11.5 Å². The number of carbonyl (C=O) groups excluding carboxylic acids is 1. The summed E-state index contributed by atoms with van der Waals surface area (Å²) < 4.78 is 10.6. The minimum atomic E-state index is 0.0906. The molecule has 5 nitrogen and oxygen atoms in total. The Morgan fingerprint density at radius 1 is 1.12 bits per heavy atom. The average Bonchev–Trinajstić information content (AvgIpc) is 3.30. The summed E-state index contributed by atoms with van der Waals surface area (Å²) in [7, 11) is 3.20. The fraction of sp³-hybridized carbons (Fsp3) is 0.571. The van der Waals surface area contributed by atoms with Crippen LogP contribution in [0.5, 0.6) is 11.5 Å². The third kappa shape index (κ3) is 3.32. The zero-order valence-corrected chi connectivity index (χ0v) is 15.7. The van der Waals surface area contributed by atoms with E-state index in [9.17, 15) is 4.79 Å². The molecule has 1 aliphatic heterocycles. The molecule has 1 aromatic rings. The van der Waals surface area contributed by atoms with Crippen LogP contribution in [0.2, 0.25) is 0 Å². The van der Waals surface area contributed by atoms with Gasteiger partial charge in [-0.25, -0.2) is 0 Å². The molecule has 1 amide bonds. The smallest absolute Gasteiger partial charge is 0.254 e. The van der Waals surface area contributed by atoms with Gasteiger partial charge >= 0.3 is 0 Å². The number of allylic oxidation sites excluding steroid dienone is 2. The Labute approximate surface area is 155 Å². The summed E-state index contributed by atoms with van der Waals surface area (Å²) >= 11 is 0. The Kier molecular flexibility index (Phi) is 4.90. The molecule has 2 fully saturated rings. The number of rotatable bonds is 5. The van der Waals surface area contributed by atoms with Crippen LogP contribution in [0.25, 0.3) is 0 Å². The lowest BCUT2D eigenvalue weighted by atomic mass is 9.93. The van der Waals surface area contributed by atoms with Gasteiger partial charge in [-0.3, -0.25) is 4.79 Å². The lowest BCUT2D eigenvalue weighted by molar-refractivity contribution is -0.907. The summed E-state index contributed by atoms with van der Waals surface area (Å²) in [6.45, 7) is 5.04. The van der Waals surface area contributed by atoms with Crippen molar-refractivity contribution in [1.82, 2.24) is 4.90 Å². The van der Waals surface area contributed by atoms with Crippen LogP contribution >= 0.6 is 0 Å². The van der Waals surface area contributed by atoms with Gasteiger partial charge in [-0.15, -0.1) is 0 Å². The Balaban J connectivity index is 1.33. The van der Waals surface area contributed by atoms with Gasteiger partial charge in [0.15, 0.2) is 11.5 Å².